The summed E-state index contributed by atoms with van der Waals surface area (Å²) in [7, 11) is 0. The summed E-state index contributed by atoms with van der Waals surface area (Å²) in [6, 6.07) is 0. The van der Waals surface area contributed by atoms with E-state index < -0.39 is 0 Å². The van der Waals surface area contributed by atoms with Gasteiger partial charge in [0, 0.05) is 34.3 Å². The van der Waals surface area contributed by atoms with Gasteiger partial charge in [0.2, 0.25) is 0 Å². The molecule has 0 aliphatic heterocycles. The Labute approximate surface area is 260 Å². The lowest BCUT2D eigenvalue weighted by Crippen LogP contribution is -2.28. The van der Waals surface area contributed by atoms with Gasteiger partial charge in [-0.15, -0.1) is 0 Å². The molecule has 4 atom stereocenters. The van der Waals surface area contributed by atoms with Crippen molar-refractivity contribution in [3.63, 3.8) is 0 Å². The van der Waals surface area contributed by atoms with Crippen LogP contribution in [-0.4, -0.2) is 16.3 Å². The van der Waals surface area contributed by atoms with Gasteiger partial charge in [-0.2, -0.15) is 0 Å². The van der Waals surface area contributed by atoms with Crippen LogP contribution >= 0.6 is 0 Å². The lowest BCUT2D eigenvalue weighted by Gasteiger charge is -2.34. The molecule has 0 spiro atoms. The average Bonchev–Trinajstić information content (AvgIpc) is 2.84. The highest BCUT2D eigenvalue weighted by Gasteiger charge is 2.32. The number of allylic oxidation sites excluding steroid dienone is 7. The van der Waals surface area contributed by atoms with Crippen molar-refractivity contribution in [2.75, 3.05) is 0 Å². The van der Waals surface area contributed by atoms with Crippen LogP contribution in [0.5, 0.6) is 0 Å². The minimum Gasteiger partial charge on any atom is -0.512 e. The molecule has 2 aliphatic carbocycles. The molecule has 0 aromatic heterocycles. The van der Waals surface area contributed by atoms with Crippen molar-refractivity contribution >= 4 is 0 Å². The maximum absolute atomic E-state index is 10.1. The second-order valence-electron chi connectivity index (χ2n) is 15.2. The number of hydrogen-bond acceptors (Lipinski definition) is 2. The molecule has 0 aromatic rings. The number of rotatable bonds is 12. The molecular weight excluding hydrogens is 512 g/mol. The predicted molar refractivity (Wildman–Crippen MR) is 182 cm³/mol. The Morgan fingerprint density at radius 3 is 2.14 bits per heavy atom. The summed E-state index contributed by atoms with van der Waals surface area (Å²) < 4.78 is 0. The molecule has 0 amide bonds. The summed E-state index contributed by atoms with van der Waals surface area (Å²) in [6.07, 6.45) is 17.6. The van der Waals surface area contributed by atoms with Gasteiger partial charge in [-0.3, -0.25) is 0 Å². The zero-order chi connectivity index (χ0) is 31.5. The first-order valence-corrected chi connectivity index (χ1v) is 16.8. The first kappa shape index (κ1) is 36.0. The van der Waals surface area contributed by atoms with Crippen LogP contribution in [0, 0.1) is 52.3 Å². The Morgan fingerprint density at radius 2 is 1.52 bits per heavy atom. The Balaban J connectivity index is 1.63. The second-order valence-corrected chi connectivity index (χ2v) is 15.2. The van der Waals surface area contributed by atoms with Crippen molar-refractivity contribution in [3.8, 4) is 23.7 Å². The minimum atomic E-state index is -0.232. The molecule has 2 nitrogen and oxygen atoms in total. The van der Waals surface area contributed by atoms with Crippen molar-refractivity contribution < 1.29 is 10.2 Å². The van der Waals surface area contributed by atoms with Crippen LogP contribution < -0.4 is 0 Å². The van der Waals surface area contributed by atoms with Gasteiger partial charge in [0.05, 0.1) is 11.9 Å². The van der Waals surface area contributed by atoms with Crippen molar-refractivity contribution in [2.24, 2.45) is 28.6 Å². The van der Waals surface area contributed by atoms with Crippen LogP contribution in [0.4, 0.5) is 0 Å². The third-order valence-electron chi connectivity index (χ3n) is 9.38. The van der Waals surface area contributed by atoms with Crippen molar-refractivity contribution in [3.05, 3.63) is 45.8 Å². The Morgan fingerprint density at radius 1 is 0.905 bits per heavy atom. The van der Waals surface area contributed by atoms with Gasteiger partial charge in [0.1, 0.15) is 0 Å². The molecule has 2 heteroatoms. The largest absolute Gasteiger partial charge is 0.512 e. The van der Waals surface area contributed by atoms with Gasteiger partial charge in [-0.05, 0) is 81.9 Å². The van der Waals surface area contributed by atoms with E-state index in [1.807, 2.05) is 6.08 Å². The molecule has 2 aliphatic rings. The smallest absolute Gasteiger partial charge is 0.0934 e. The highest BCUT2D eigenvalue weighted by atomic mass is 16.3. The maximum Gasteiger partial charge on any atom is 0.0934 e. The molecular formula is C40H62O2. The molecule has 0 bridgehead atoms. The highest BCUT2D eigenvalue weighted by Crippen LogP contribution is 2.40. The van der Waals surface area contributed by atoms with Crippen LogP contribution in [0.25, 0.3) is 0 Å². The Hall–Kier alpha value is -2.16. The van der Waals surface area contributed by atoms with Crippen LogP contribution in [0.1, 0.15) is 146 Å². The molecule has 2 N–H and O–H groups in total. The van der Waals surface area contributed by atoms with Crippen molar-refractivity contribution in [2.45, 2.75) is 152 Å². The fourth-order valence-electron chi connectivity index (χ4n) is 6.90. The van der Waals surface area contributed by atoms with Gasteiger partial charge in [-0.1, -0.05) is 122 Å². The van der Waals surface area contributed by atoms with E-state index in [-0.39, 0.29) is 16.9 Å². The molecule has 2 rings (SSSR count). The molecule has 0 saturated carbocycles. The fourth-order valence-corrected chi connectivity index (χ4v) is 6.90. The first-order valence-electron chi connectivity index (χ1n) is 16.8. The zero-order valence-corrected chi connectivity index (χ0v) is 28.8. The van der Waals surface area contributed by atoms with E-state index in [1.54, 1.807) is 0 Å². The lowest BCUT2D eigenvalue weighted by atomic mass is 9.72. The van der Waals surface area contributed by atoms with Gasteiger partial charge < -0.3 is 10.2 Å². The molecule has 0 radical (unpaired) electrons. The monoisotopic (exact) mass is 574 g/mol. The quantitative estimate of drug-likeness (QED) is 0.180. The van der Waals surface area contributed by atoms with Gasteiger partial charge >= 0.3 is 0 Å². The summed E-state index contributed by atoms with van der Waals surface area (Å²) in [5, 5.41) is 20.1. The summed E-state index contributed by atoms with van der Waals surface area (Å²) >= 11 is 0. The normalized spacial score (nSPS) is 22.4. The van der Waals surface area contributed by atoms with E-state index in [1.165, 1.54) is 67.2 Å². The van der Waals surface area contributed by atoms with E-state index >= 15 is 0 Å². The second kappa shape index (κ2) is 16.6. The van der Waals surface area contributed by atoms with Crippen molar-refractivity contribution in [1.29, 1.82) is 0 Å². The Bertz CT molecular complexity index is 1150. The average molecular weight is 575 g/mol. The third kappa shape index (κ3) is 12.2. The van der Waals surface area contributed by atoms with E-state index in [4.69, 9.17) is 0 Å². The standard InChI is InChI=1S/C40H62O2/c1-29(17-13-19-31(3)21-23-37-33(5)25-35(41)27-39(37,7)8)15-11-12-16-30(2)18-14-20-32(4)22-24-38-34(6)26-36(42)28-40(38,9)10/h19,26,29-30,32,35,41-42H,11-18,20,25,27-28H2,1-10H3/b31-19+/t29?,30?,32?,35-/m1/s1. The third-order valence-corrected chi connectivity index (χ3v) is 9.38. The molecule has 0 fully saturated rings. The maximum atomic E-state index is 10.1. The molecule has 3 unspecified atom stereocenters. The Kier molecular flexibility index (Phi) is 14.3. The topological polar surface area (TPSA) is 40.5 Å². The van der Waals surface area contributed by atoms with Crippen LogP contribution in [0.3, 0.4) is 0 Å². The number of unbranched alkanes of at least 4 members (excludes halogenated alkanes) is 1. The summed E-state index contributed by atoms with van der Waals surface area (Å²) in [5.74, 6) is 16.2. The fraction of sp³-hybridized carbons (Fsp3) is 0.700. The summed E-state index contributed by atoms with van der Waals surface area (Å²) in [5.41, 5.74) is 5.80. The van der Waals surface area contributed by atoms with Crippen LogP contribution in [0.2, 0.25) is 0 Å². The molecule has 42 heavy (non-hydrogen) atoms. The van der Waals surface area contributed by atoms with E-state index in [9.17, 15) is 10.2 Å². The first-order chi connectivity index (χ1) is 19.6. The van der Waals surface area contributed by atoms with Gasteiger partial charge in [-0.25, -0.2) is 0 Å². The highest BCUT2D eigenvalue weighted by molar-refractivity contribution is 5.46. The van der Waals surface area contributed by atoms with Crippen molar-refractivity contribution in [1.82, 2.24) is 0 Å². The predicted octanol–water partition coefficient (Wildman–Crippen LogP) is 11.0. The number of hydrogen-bond donors (Lipinski definition) is 2. The summed E-state index contributed by atoms with van der Waals surface area (Å²) in [4.78, 5) is 0. The summed E-state index contributed by atoms with van der Waals surface area (Å²) in [6.45, 7) is 22.1. The SMILES string of the molecule is CC1=C(C#CC(C)CCCC(C)CCCCC(C)CC/C=C(\C)C#CC2=C(C)C[C@@H](O)CC2(C)C)C(C)(C)CC(O)=C1. The molecule has 234 valence electrons. The molecule has 0 aromatic carbocycles. The lowest BCUT2D eigenvalue weighted by molar-refractivity contribution is 0.117. The number of aliphatic hydroxyl groups excluding tert-OH is 2. The van der Waals surface area contributed by atoms with Gasteiger partial charge in [0.25, 0.3) is 0 Å². The van der Waals surface area contributed by atoms with E-state index in [0.717, 1.165) is 43.1 Å². The number of aliphatic hydroxyl groups is 2. The molecule has 0 heterocycles. The van der Waals surface area contributed by atoms with Gasteiger partial charge in [0.15, 0.2) is 0 Å². The van der Waals surface area contributed by atoms with Crippen LogP contribution in [-0.2, 0) is 0 Å². The van der Waals surface area contributed by atoms with Crippen LogP contribution in [0.15, 0.2) is 45.8 Å². The zero-order valence-electron chi connectivity index (χ0n) is 28.8. The van der Waals surface area contributed by atoms with E-state index in [0.29, 0.717) is 18.1 Å². The van der Waals surface area contributed by atoms with E-state index in [2.05, 4.69) is 99.0 Å². The minimum absolute atomic E-state index is 0.0392. The molecule has 0 saturated heterocycles.